The lowest BCUT2D eigenvalue weighted by atomic mass is 9.97. The average molecular weight is 305 g/mol. The Kier molecular flexibility index (Phi) is 7.69. The van der Waals surface area contributed by atoms with E-state index in [1.807, 2.05) is 0 Å². The maximum Gasteiger partial charge on any atom is 0.393 e. The number of alkyl halides is 3. The Morgan fingerprint density at radius 1 is 1.53 bits per heavy atom. The summed E-state index contributed by atoms with van der Waals surface area (Å²) in [6.45, 7) is 0.314. The Labute approximate surface area is 116 Å². The summed E-state index contributed by atoms with van der Waals surface area (Å²) in [4.78, 5) is 13.1. The molecule has 19 heavy (non-hydrogen) atoms. The first kappa shape index (κ1) is 18.5. The lowest BCUT2D eigenvalue weighted by molar-refractivity contribution is -0.188. The fraction of sp³-hybridized carbons (Fsp3) is 0.909. The van der Waals surface area contributed by atoms with Crippen LogP contribution in [-0.2, 0) is 9.53 Å². The lowest BCUT2D eigenvalue weighted by Gasteiger charge is -2.34. The molecule has 2 atom stereocenters. The third-order valence-corrected chi connectivity index (χ3v) is 3.24. The Hall–Kier alpha value is -0.530. The van der Waals surface area contributed by atoms with Crippen molar-refractivity contribution in [3.63, 3.8) is 0 Å². The molecule has 0 radical (unpaired) electrons. The Bertz CT molecular complexity index is 286. The number of carbonyl (C=O) groups is 1. The first-order valence-electron chi connectivity index (χ1n) is 5.95. The summed E-state index contributed by atoms with van der Waals surface area (Å²) in [7, 11) is 1.43. The number of methoxy groups -OCH3 is 1. The van der Waals surface area contributed by atoms with Crippen LogP contribution >= 0.6 is 12.4 Å². The van der Waals surface area contributed by atoms with Crippen LogP contribution in [0.15, 0.2) is 0 Å². The monoisotopic (exact) mass is 304 g/mol. The van der Waals surface area contributed by atoms with Gasteiger partial charge in [0.25, 0.3) is 0 Å². The van der Waals surface area contributed by atoms with Crippen molar-refractivity contribution < 1.29 is 22.7 Å². The maximum absolute atomic E-state index is 12.6. The van der Waals surface area contributed by atoms with Crippen LogP contribution in [0.3, 0.4) is 0 Å². The van der Waals surface area contributed by atoms with E-state index in [0.717, 1.165) is 0 Å². The third kappa shape index (κ3) is 5.54. The van der Waals surface area contributed by atoms with Gasteiger partial charge in [-0.3, -0.25) is 4.79 Å². The van der Waals surface area contributed by atoms with Gasteiger partial charge in [0.05, 0.1) is 18.4 Å². The number of hydrogen-bond acceptors (Lipinski definition) is 3. The summed E-state index contributed by atoms with van der Waals surface area (Å²) in [5, 5.41) is 0. The van der Waals surface area contributed by atoms with E-state index in [-0.39, 0.29) is 44.2 Å². The molecule has 8 heteroatoms. The first-order chi connectivity index (χ1) is 8.38. The summed E-state index contributed by atoms with van der Waals surface area (Å²) in [5.74, 6) is -1.73. The molecule has 0 aromatic rings. The topological polar surface area (TPSA) is 55.6 Å². The maximum atomic E-state index is 12.6. The number of ether oxygens (including phenoxy) is 1. The van der Waals surface area contributed by atoms with Gasteiger partial charge in [-0.25, -0.2) is 0 Å². The minimum absolute atomic E-state index is 0. The summed E-state index contributed by atoms with van der Waals surface area (Å²) < 4.78 is 42.7. The van der Waals surface area contributed by atoms with E-state index in [0.29, 0.717) is 13.0 Å². The molecule has 1 aliphatic heterocycles. The molecule has 1 rings (SSSR count). The Morgan fingerprint density at radius 2 is 2.16 bits per heavy atom. The van der Waals surface area contributed by atoms with Gasteiger partial charge in [0, 0.05) is 26.7 Å². The van der Waals surface area contributed by atoms with Crippen molar-refractivity contribution in [2.45, 2.75) is 31.5 Å². The van der Waals surface area contributed by atoms with Crippen molar-refractivity contribution in [3.8, 4) is 0 Å². The normalized spacial score (nSPS) is 21.7. The molecule has 0 bridgehead atoms. The number of piperidine rings is 1. The molecule has 2 unspecified atom stereocenters. The number of halogens is 4. The quantitative estimate of drug-likeness (QED) is 0.858. The molecule has 1 saturated heterocycles. The van der Waals surface area contributed by atoms with Crippen molar-refractivity contribution in [2.24, 2.45) is 11.7 Å². The number of likely N-dealkylation sites (tertiary alicyclic amines) is 1. The van der Waals surface area contributed by atoms with E-state index in [1.54, 1.807) is 0 Å². The van der Waals surface area contributed by atoms with Crippen molar-refractivity contribution in [2.75, 3.05) is 26.7 Å². The fourth-order valence-corrected chi connectivity index (χ4v) is 2.06. The highest BCUT2D eigenvalue weighted by atomic mass is 35.5. The third-order valence-electron chi connectivity index (χ3n) is 3.24. The molecule has 1 amide bonds. The highest BCUT2D eigenvalue weighted by Gasteiger charge is 2.42. The number of amides is 1. The average Bonchev–Trinajstić information content (AvgIpc) is 2.34. The van der Waals surface area contributed by atoms with Gasteiger partial charge in [0.15, 0.2) is 0 Å². The van der Waals surface area contributed by atoms with Crippen LogP contribution < -0.4 is 5.73 Å². The highest BCUT2D eigenvalue weighted by molar-refractivity contribution is 5.85. The van der Waals surface area contributed by atoms with Gasteiger partial charge in [0.2, 0.25) is 5.91 Å². The summed E-state index contributed by atoms with van der Waals surface area (Å²) >= 11 is 0. The molecule has 1 fully saturated rings. The molecule has 0 aromatic heterocycles. The van der Waals surface area contributed by atoms with Crippen LogP contribution in [0.5, 0.6) is 0 Å². The predicted octanol–water partition coefficient (Wildman–Crippen LogP) is 1.57. The summed E-state index contributed by atoms with van der Waals surface area (Å²) in [6, 6.07) is 0. The Morgan fingerprint density at radius 3 is 2.63 bits per heavy atom. The van der Waals surface area contributed by atoms with E-state index in [9.17, 15) is 18.0 Å². The van der Waals surface area contributed by atoms with E-state index in [4.69, 9.17) is 10.5 Å². The largest absolute Gasteiger partial charge is 0.393 e. The predicted molar refractivity (Wildman–Crippen MR) is 67.1 cm³/mol. The van der Waals surface area contributed by atoms with E-state index in [2.05, 4.69) is 0 Å². The second-order valence-corrected chi connectivity index (χ2v) is 4.52. The van der Waals surface area contributed by atoms with Crippen LogP contribution in [0.1, 0.15) is 19.3 Å². The van der Waals surface area contributed by atoms with E-state index >= 15 is 0 Å². The van der Waals surface area contributed by atoms with Crippen LogP contribution in [-0.4, -0.2) is 49.8 Å². The number of rotatable bonds is 4. The molecule has 1 heterocycles. The zero-order valence-corrected chi connectivity index (χ0v) is 11.6. The van der Waals surface area contributed by atoms with Gasteiger partial charge in [-0.15, -0.1) is 12.4 Å². The minimum Gasteiger partial charge on any atom is -0.380 e. The zero-order chi connectivity index (χ0) is 13.8. The molecule has 0 saturated carbocycles. The van der Waals surface area contributed by atoms with Gasteiger partial charge in [0.1, 0.15) is 0 Å². The minimum atomic E-state index is -4.23. The zero-order valence-electron chi connectivity index (χ0n) is 10.8. The van der Waals surface area contributed by atoms with Gasteiger partial charge in [-0.2, -0.15) is 13.2 Å². The molecule has 114 valence electrons. The summed E-state index contributed by atoms with van der Waals surface area (Å²) in [5.41, 5.74) is 5.38. The van der Waals surface area contributed by atoms with Gasteiger partial charge in [-0.1, -0.05) is 0 Å². The van der Waals surface area contributed by atoms with Crippen LogP contribution in [0.25, 0.3) is 0 Å². The van der Waals surface area contributed by atoms with Gasteiger partial charge >= 0.3 is 6.18 Å². The smallest absolute Gasteiger partial charge is 0.380 e. The number of hydrogen-bond donors (Lipinski definition) is 1. The van der Waals surface area contributed by atoms with Gasteiger partial charge in [-0.05, 0) is 12.8 Å². The van der Waals surface area contributed by atoms with E-state index < -0.39 is 18.2 Å². The fourth-order valence-electron chi connectivity index (χ4n) is 2.06. The molecule has 0 spiro atoms. The van der Waals surface area contributed by atoms with E-state index in [1.165, 1.54) is 12.0 Å². The molecular formula is C11H20ClF3N2O2. The van der Waals surface area contributed by atoms with Crippen molar-refractivity contribution >= 4 is 18.3 Å². The molecular weight excluding hydrogens is 285 g/mol. The van der Waals surface area contributed by atoms with Crippen LogP contribution in [0, 0.1) is 5.92 Å². The molecule has 0 aromatic carbocycles. The Balaban J connectivity index is 0.00000324. The van der Waals surface area contributed by atoms with Crippen molar-refractivity contribution in [3.05, 3.63) is 0 Å². The summed E-state index contributed by atoms with van der Waals surface area (Å²) in [6.07, 6.45) is -4.14. The van der Waals surface area contributed by atoms with Crippen molar-refractivity contribution in [1.29, 1.82) is 0 Å². The highest BCUT2D eigenvalue weighted by Crippen LogP contribution is 2.33. The van der Waals surface area contributed by atoms with Crippen LogP contribution in [0.4, 0.5) is 13.2 Å². The molecule has 0 aliphatic carbocycles. The molecule has 2 N–H and O–H groups in total. The SMILES string of the molecule is COC(CN)CC(=O)N1CCCC(C(F)(F)F)C1.Cl. The first-order valence-corrected chi connectivity index (χ1v) is 5.95. The van der Waals surface area contributed by atoms with Crippen LogP contribution in [0.2, 0.25) is 0 Å². The van der Waals surface area contributed by atoms with Gasteiger partial charge < -0.3 is 15.4 Å². The molecule has 4 nitrogen and oxygen atoms in total. The second-order valence-electron chi connectivity index (χ2n) is 4.52. The second kappa shape index (κ2) is 7.91. The standard InChI is InChI=1S/C11H19F3N2O2.ClH/c1-18-9(6-15)5-10(17)16-4-2-3-8(7-16)11(12,13)14;/h8-9H,2-7,15H2,1H3;1H. The van der Waals surface area contributed by atoms with Crippen molar-refractivity contribution in [1.82, 2.24) is 4.90 Å². The lowest BCUT2D eigenvalue weighted by Crippen LogP contribution is -2.45. The molecule has 1 aliphatic rings. The number of nitrogens with two attached hydrogens (primary N) is 1. The number of carbonyl (C=O) groups excluding carboxylic acids is 1. The number of nitrogens with zero attached hydrogens (tertiary/aromatic N) is 1.